The molecule has 1 aliphatic rings. The van der Waals surface area contributed by atoms with Crippen LogP contribution in [0.25, 0.3) is 0 Å². The van der Waals surface area contributed by atoms with Gasteiger partial charge in [-0.15, -0.1) is 0 Å². The highest BCUT2D eigenvalue weighted by Crippen LogP contribution is 2.24. The minimum Gasteiger partial charge on any atom is -0.457 e. The molecule has 1 fully saturated rings. The van der Waals surface area contributed by atoms with Crippen LogP contribution in [-0.4, -0.2) is 12.8 Å². The zero-order valence-electron chi connectivity index (χ0n) is 20.5. The highest BCUT2D eigenvalue weighted by atomic mass is 16.5. The first-order valence-corrected chi connectivity index (χ1v) is 12.6. The van der Waals surface area contributed by atoms with Gasteiger partial charge in [0.25, 0.3) is 0 Å². The van der Waals surface area contributed by atoms with Crippen LogP contribution < -0.4 is 14.8 Å². The molecule has 0 atom stereocenters. The summed E-state index contributed by atoms with van der Waals surface area (Å²) in [4.78, 5) is 10.4. The molecular formula is C32H33NO3. The van der Waals surface area contributed by atoms with Crippen molar-refractivity contribution in [3.05, 3.63) is 120 Å². The van der Waals surface area contributed by atoms with E-state index >= 15 is 0 Å². The van der Waals surface area contributed by atoms with Gasteiger partial charge in [-0.1, -0.05) is 61.4 Å². The first-order valence-electron chi connectivity index (χ1n) is 12.6. The number of aldehydes is 1. The predicted molar refractivity (Wildman–Crippen MR) is 145 cm³/mol. The second kappa shape index (κ2) is 13.9. The van der Waals surface area contributed by atoms with E-state index in [1.165, 1.54) is 31.2 Å². The molecule has 4 heteroatoms. The summed E-state index contributed by atoms with van der Waals surface area (Å²) < 4.78 is 11.4. The fraction of sp³-hybridized carbons (Fsp3) is 0.219. The van der Waals surface area contributed by atoms with Gasteiger partial charge in [0.1, 0.15) is 29.3 Å². The molecular weight excluding hydrogens is 446 g/mol. The monoisotopic (exact) mass is 479 g/mol. The Labute approximate surface area is 213 Å². The summed E-state index contributed by atoms with van der Waals surface area (Å²) in [6.45, 7) is 2.10. The molecule has 5 rings (SSSR count). The number of benzene rings is 4. The summed E-state index contributed by atoms with van der Waals surface area (Å²) in [5, 5.41) is 3.57. The molecule has 4 aromatic carbocycles. The van der Waals surface area contributed by atoms with Crippen molar-refractivity contribution in [2.45, 2.75) is 32.2 Å². The van der Waals surface area contributed by atoms with E-state index < -0.39 is 0 Å². The standard InChI is InChI=1S/C19H23NO.C13H10O2/c1-2-8-18(9-3-1)21-19-12-10-17(11-13-19)15-20-14-16-6-4-5-7-16;14-10-11-6-8-13(9-7-11)15-12-4-2-1-3-5-12/h1-3,8-13,16,20H,4-7,14-15H2;1-10H. The van der Waals surface area contributed by atoms with Gasteiger partial charge in [-0.05, 0) is 91.5 Å². The molecule has 0 bridgehead atoms. The first kappa shape index (κ1) is 25.2. The lowest BCUT2D eigenvalue weighted by molar-refractivity contribution is 0.112. The second-order valence-electron chi connectivity index (χ2n) is 8.94. The van der Waals surface area contributed by atoms with Crippen LogP contribution in [0, 0.1) is 5.92 Å². The molecule has 0 amide bonds. The molecule has 184 valence electrons. The second-order valence-corrected chi connectivity index (χ2v) is 8.94. The lowest BCUT2D eigenvalue weighted by Gasteiger charge is -2.11. The lowest BCUT2D eigenvalue weighted by atomic mass is 10.1. The number of carbonyl (C=O) groups is 1. The Morgan fingerprint density at radius 3 is 1.61 bits per heavy atom. The Morgan fingerprint density at radius 2 is 1.11 bits per heavy atom. The van der Waals surface area contributed by atoms with Crippen LogP contribution in [0.2, 0.25) is 0 Å². The highest BCUT2D eigenvalue weighted by molar-refractivity contribution is 5.74. The quantitative estimate of drug-likeness (QED) is 0.247. The van der Waals surface area contributed by atoms with Gasteiger partial charge in [-0.3, -0.25) is 4.79 Å². The molecule has 1 saturated carbocycles. The third-order valence-corrected chi connectivity index (χ3v) is 6.13. The van der Waals surface area contributed by atoms with E-state index in [0.717, 1.165) is 48.3 Å². The van der Waals surface area contributed by atoms with Crippen molar-refractivity contribution in [1.29, 1.82) is 0 Å². The van der Waals surface area contributed by atoms with Crippen molar-refractivity contribution in [3.63, 3.8) is 0 Å². The smallest absolute Gasteiger partial charge is 0.150 e. The average Bonchev–Trinajstić information content (AvgIpc) is 3.45. The summed E-state index contributed by atoms with van der Waals surface area (Å²) >= 11 is 0. The number of hydrogen-bond donors (Lipinski definition) is 1. The van der Waals surface area contributed by atoms with E-state index in [0.29, 0.717) is 5.56 Å². The summed E-state index contributed by atoms with van der Waals surface area (Å²) in [7, 11) is 0. The Balaban J connectivity index is 0.000000179. The zero-order valence-corrected chi connectivity index (χ0v) is 20.5. The molecule has 0 heterocycles. The minimum absolute atomic E-state index is 0.649. The van der Waals surface area contributed by atoms with Gasteiger partial charge in [0.2, 0.25) is 0 Å². The highest BCUT2D eigenvalue weighted by Gasteiger charge is 2.13. The van der Waals surface area contributed by atoms with Crippen molar-refractivity contribution in [2.75, 3.05) is 6.54 Å². The van der Waals surface area contributed by atoms with Crippen LogP contribution in [0.1, 0.15) is 41.6 Å². The van der Waals surface area contributed by atoms with Crippen LogP contribution in [0.3, 0.4) is 0 Å². The fourth-order valence-electron chi connectivity index (χ4n) is 4.17. The van der Waals surface area contributed by atoms with Crippen LogP contribution in [-0.2, 0) is 6.54 Å². The van der Waals surface area contributed by atoms with Gasteiger partial charge in [0.15, 0.2) is 0 Å². The van der Waals surface area contributed by atoms with E-state index in [1.807, 2.05) is 72.8 Å². The van der Waals surface area contributed by atoms with Crippen molar-refractivity contribution < 1.29 is 14.3 Å². The summed E-state index contributed by atoms with van der Waals surface area (Å²) in [5.74, 6) is 4.18. The van der Waals surface area contributed by atoms with Crippen LogP contribution in [0.5, 0.6) is 23.0 Å². The van der Waals surface area contributed by atoms with Gasteiger partial charge in [0, 0.05) is 12.1 Å². The molecule has 4 nitrogen and oxygen atoms in total. The van der Waals surface area contributed by atoms with Crippen LogP contribution in [0.4, 0.5) is 0 Å². The third kappa shape index (κ3) is 8.40. The van der Waals surface area contributed by atoms with Gasteiger partial charge >= 0.3 is 0 Å². The maximum absolute atomic E-state index is 10.4. The molecule has 0 saturated heterocycles. The third-order valence-electron chi connectivity index (χ3n) is 6.13. The number of rotatable bonds is 9. The molecule has 1 aliphatic carbocycles. The van der Waals surface area contributed by atoms with Crippen molar-refractivity contribution in [1.82, 2.24) is 5.32 Å². The molecule has 4 aromatic rings. The maximum Gasteiger partial charge on any atom is 0.150 e. The lowest BCUT2D eigenvalue weighted by Crippen LogP contribution is -2.20. The van der Waals surface area contributed by atoms with Crippen molar-refractivity contribution in [3.8, 4) is 23.0 Å². The number of nitrogens with one attached hydrogen (secondary N) is 1. The zero-order chi connectivity index (χ0) is 24.8. The average molecular weight is 480 g/mol. The van der Waals surface area contributed by atoms with E-state index in [-0.39, 0.29) is 0 Å². The number of hydrogen-bond acceptors (Lipinski definition) is 4. The summed E-state index contributed by atoms with van der Waals surface area (Å²) in [5.41, 5.74) is 1.96. The van der Waals surface area contributed by atoms with Crippen LogP contribution >= 0.6 is 0 Å². The normalized spacial score (nSPS) is 12.9. The van der Waals surface area contributed by atoms with E-state index in [9.17, 15) is 4.79 Å². The number of carbonyl (C=O) groups excluding carboxylic acids is 1. The summed E-state index contributed by atoms with van der Waals surface area (Å²) in [6.07, 6.45) is 6.44. The predicted octanol–water partition coefficient (Wildman–Crippen LogP) is 8.05. The molecule has 0 unspecified atom stereocenters. The molecule has 36 heavy (non-hydrogen) atoms. The molecule has 1 N–H and O–H groups in total. The van der Waals surface area contributed by atoms with E-state index in [2.05, 4.69) is 17.4 Å². The first-order chi connectivity index (χ1) is 17.8. The molecule has 0 spiro atoms. The van der Waals surface area contributed by atoms with E-state index in [4.69, 9.17) is 9.47 Å². The van der Waals surface area contributed by atoms with Gasteiger partial charge in [-0.2, -0.15) is 0 Å². The van der Waals surface area contributed by atoms with Crippen molar-refractivity contribution >= 4 is 6.29 Å². The SMILES string of the molecule is O=Cc1ccc(Oc2ccccc2)cc1.c1ccc(Oc2ccc(CNCC3CCCC3)cc2)cc1. The molecule has 0 aromatic heterocycles. The molecule has 0 radical (unpaired) electrons. The Bertz CT molecular complexity index is 1150. The Kier molecular flexibility index (Phi) is 9.71. The minimum atomic E-state index is 0.649. The number of para-hydroxylation sites is 2. The topological polar surface area (TPSA) is 47.6 Å². The fourth-order valence-corrected chi connectivity index (χ4v) is 4.17. The van der Waals surface area contributed by atoms with Crippen LogP contribution in [0.15, 0.2) is 109 Å². The number of ether oxygens (including phenoxy) is 2. The van der Waals surface area contributed by atoms with E-state index in [1.54, 1.807) is 24.3 Å². The molecule has 0 aliphatic heterocycles. The van der Waals surface area contributed by atoms with Gasteiger partial charge < -0.3 is 14.8 Å². The summed E-state index contributed by atoms with van der Waals surface area (Å²) in [6, 6.07) is 34.8. The maximum atomic E-state index is 10.4. The van der Waals surface area contributed by atoms with Gasteiger partial charge in [-0.25, -0.2) is 0 Å². The Hall–Kier alpha value is -3.89. The van der Waals surface area contributed by atoms with Gasteiger partial charge in [0.05, 0.1) is 0 Å². The Morgan fingerprint density at radius 1 is 0.639 bits per heavy atom. The van der Waals surface area contributed by atoms with Crippen molar-refractivity contribution in [2.24, 2.45) is 5.92 Å². The largest absolute Gasteiger partial charge is 0.457 e.